The first kappa shape index (κ1) is 7.39. The molecule has 4 heteroatoms. The number of aliphatic hydroxyl groups is 2. The Labute approximate surface area is 46.7 Å². The number of rotatable bonds is 2. The van der Waals surface area contributed by atoms with Crippen molar-refractivity contribution in [2.24, 2.45) is 0 Å². The van der Waals surface area contributed by atoms with Gasteiger partial charge in [-0.05, 0) is 0 Å². The summed E-state index contributed by atoms with van der Waals surface area (Å²) in [5, 5.41) is 16.5. The maximum atomic E-state index is 10.1. The van der Waals surface area contributed by atoms with Crippen LogP contribution in [-0.4, -0.2) is 36.0 Å². The third-order valence-corrected chi connectivity index (χ3v) is 0.646. The van der Waals surface area contributed by atoms with Gasteiger partial charge in [0.15, 0.2) is 6.10 Å². The van der Waals surface area contributed by atoms with E-state index in [0.717, 1.165) is 7.11 Å². The molecule has 0 saturated carbocycles. The fraction of sp³-hybridized carbons (Fsp3) is 0.750. The van der Waals surface area contributed by atoms with Crippen molar-refractivity contribution >= 4 is 5.97 Å². The number of hydrogen-bond acceptors (Lipinski definition) is 4. The maximum absolute atomic E-state index is 10.1. The SMILES string of the molecule is COC(=O)[C@@H](O)CO. The molecule has 0 aliphatic rings. The number of ether oxygens (including phenoxy) is 1. The van der Waals surface area contributed by atoms with Gasteiger partial charge < -0.3 is 14.9 Å². The molecule has 0 unspecified atom stereocenters. The molecule has 2 N–H and O–H groups in total. The third-order valence-electron chi connectivity index (χ3n) is 0.646. The summed E-state index contributed by atoms with van der Waals surface area (Å²) in [7, 11) is 1.14. The van der Waals surface area contributed by atoms with Crippen molar-refractivity contribution in [3.8, 4) is 0 Å². The van der Waals surface area contributed by atoms with Crippen LogP contribution in [0.15, 0.2) is 0 Å². The van der Waals surface area contributed by atoms with Gasteiger partial charge in [0, 0.05) is 0 Å². The number of carbonyl (C=O) groups excluding carboxylic acids is 1. The minimum absolute atomic E-state index is 0.591. The normalized spacial score (nSPS) is 12.9. The van der Waals surface area contributed by atoms with Crippen LogP contribution in [0.1, 0.15) is 0 Å². The lowest BCUT2D eigenvalue weighted by Gasteiger charge is -2.01. The Kier molecular flexibility index (Phi) is 3.14. The van der Waals surface area contributed by atoms with Crippen LogP contribution in [0.3, 0.4) is 0 Å². The summed E-state index contributed by atoms with van der Waals surface area (Å²) in [5.74, 6) is -0.812. The highest BCUT2D eigenvalue weighted by Crippen LogP contribution is 1.82. The van der Waals surface area contributed by atoms with Gasteiger partial charge in [-0.15, -0.1) is 0 Å². The molecule has 48 valence electrons. The van der Waals surface area contributed by atoms with Gasteiger partial charge in [0.2, 0.25) is 0 Å². The first-order chi connectivity index (χ1) is 3.72. The lowest BCUT2D eigenvalue weighted by Crippen LogP contribution is -2.25. The second-order valence-electron chi connectivity index (χ2n) is 1.22. The molecule has 0 fully saturated rings. The first-order valence-electron chi connectivity index (χ1n) is 2.09. The van der Waals surface area contributed by atoms with Crippen LogP contribution in [0.25, 0.3) is 0 Å². The molecule has 0 aliphatic carbocycles. The molecular weight excluding hydrogens is 112 g/mol. The number of aliphatic hydroxyl groups excluding tert-OH is 2. The average molecular weight is 120 g/mol. The summed E-state index contributed by atoms with van der Waals surface area (Å²) >= 11 is 0. The summed E-state index contributed by atoms with van der Waals surface area (Å²) in [6.45, 7) is -0.591. The highest BCUT2D eigenvalue weighted by atomic mass is 16.5. The molecule has 0 aliphatic heterocycles. The van der Waals surface area contributed by atoms with E-state index in [4.69, 9.17) is 10.2 Å². The van der Waals surface area contributed by atoms with Crippen molar-refractivity contribution in [1.29, 1.82) is 0 Å². The van der Waals surface area contributed by atoms with Crippen LogP contribution < -0.4 is 0 Å². The highest BCUT2D eigenvalue weighted by Gasteiger charge is 2.11. The number of hydrogen-bond donors (Lipinski definition) is 2. The van der Waals surface area contributed by atoms with Crippen molar-refractivity contribution in [2.45, 2.75) is 6.10 Å². The lowest BCUT2D eigenvalue weighted by atomic mass is 10.4. The van der Waals surface area contributed by atoms with Crippen molar-refractivity contribution in [1.82, 2.24) is 0 Å². The maximum Gasteiger partial charge on any atom is 0.337 e. The van der Waals surface area contributed by atoms with Crippen LogP contribution in [0.4, 0.5) is 0 Å². The van der Waals surface area contributed by atoms with Crippen molar-refractivity contribution in [3.05, 3.63) is 0 Å². The van der Waals surface area contributed by atoms with Gasteiger partial charge in [0.1, 0.15) is 0 Å². The summed E-state index contributed by atoms with van der Waals surface area (Å²) in [4.78, 5) is 10.1. The van der Waals surface area contributed by atoms with Crippen molar-refractivity contribution in [3.63, 3.8) is 0 Å². The number of carbonyl (C=O) groups is 1. The molecule has 0 aromatic heterocycles. The standard InChI is InChI=1S/C4H8O4/c1-8-4(7)3(6)2-5/h3,5-6H,2H2,1H3/t3-/m0/s1. The van der Waals surface area contributed by atoms with E-state index in [1.165, 1.54) is 0 Å². The lowest BCUT2D eigenvalue weighted by molar-refractivity contribution is -0.152. The van der Waals surface area contributed by atoms with Crippen molar-refractivity contribution in [2.75, 3.05) is 13.7 Å². The van der Waals surface area contributed by atoms with E-state index in [1.807, 2.05) is 0 Å². The summed E-state index contributed by atoms with van der Waals surface area (Å²) in [5.41, 5.74) is 0. The van der Waals surface area contributed by atoms with Gasteiger partial charge in [-0.3, -0.25) is 0 Å². The van der Waals surface area contributed by atoms with Crippen LogP contribution >= 0.6 is 0 Å². The van der Waals surface area contributed by atoms with E-state index in [0.29, 0.717) is 0 Å². The molecular formula is C4H8O4. The van der Waals surface area contributed by atoms with Gasteiger partial charge in [-0.2, -0.15) is 0 Å². The molecule has 0 radical (unpaired) electrons. The summed E-state index contributed by atoms with van der Waals surface area (Å²) in [6, 6.07) is 0. The molecule has 0 aromatic rings. The second kappa shape index (κ2) is 3.40. The van der Waals surface area contributed by atoms with E-state index in [9.17, 15) is 4.79 Å². The molecule has 0 aromatic carbocycles. The van der Waals surface area contributed by atoms with E-state index in [2.05, 4.69) is 4.74 Å². The Balaban J connectivity index is 3.46. The zero-order valence-corrected chi connectivity index (χ0v) is 4.50. The van der Waals surface area contributed by atoms with Crippen molar-refractivity contribution < 1.29 is 19.7 Å². The van der Waals surface area contributed by atoms with Crippen LogP contribution in [0.5, 0.6) is 0 Å². The smallest absolute Gasteiger partial charge is 0.337 e. The van der Waals surface area contributed by atoms with Gasteiger partial charge in [0.25, 0.3) is 0 Å². The molecule has 4 nitrogen and oxygen atoms in total. The first-order valence-corrected chi connectivity index (χ1v) is 2.09. The fourth-order valence-electron chi connectivity index (χ4n) is 0.211. The zero-order valence-electron chi connectivity index (χ0n) is 4.50. The molecule has 1 atom stereocenters. The molecule has 8 heavy (non-hydrogen) atoms. The predicted octanol–water partition coefficient (Wildman–Crippen LogP) is -1.49. The molecule has 0 spiro atoms. The Morgan fingerprint density at radius 3 is 2.50 bits per heavy atom. The monoisotopic (exact) mass is 120 g/mol. The predicted molar refractivity (Wildman–Crippen MR) is 25.1 cm³/mol. The topological polar surface area (TPSA) is 66.8 Å². The Hall–Kier alpha value is -0.610. The Bertz CT molecular complexity index is 80.1. The summed E-state index contributed by atoms with van der Waals surface area (Å²) in [6.07, 6.45) is -1.39. The van der Waals surface area contributed by atoms with Gasteiger partial charge in [-0.25, -0.2) is 4.79 Å². The van der Waals surface area contributed by atoms with E-state index < -0.39 is 18.7 Å². The minimum atomic E-state index is -1.39. The summed E-state index contributed by atoms with van der Waals surface area (Å²) < 4.78 is 4.05. The van der Waals surface area contributed by atoms with Gasteiger partial charge >= 0.3 is 5.97 Å². The minimum Gasteiger partial charge on any atom is -0.467 e. The Morgan fingerprint density at radius 2 is 2.38 bits per heavy atom. The highest BCUT2D eigenvalue weighted by molar-refractivity contribution is 5.74. The van der Waals surface area contributed by atoms with Crippen LogP contribution in [-0.2, 0) is 9.53 Å². The van der Waals surface area contributed by atoms with Gasteiger partial charge in [0.05, 0.1) is 13.7 Å². The van der Waals surface area contributed by atoms with Gasteiger partial charge in [-0.1, -0.05) is 0 Å². The molecule has 0 heterocycles. The van der Waals surface area contributed by atoms with Crippen LogP contribution in [0, 0.1) is 0 Å². The average Bonchev–Trinajstić information content (AvgIpc) is 1.84. The largest absolute Gasteiger partial charge is 0.467 e. The van der Waals surface area contributed by atoms with E-state index in [1.54, 1.807) is 0 Å². The molecule has 0 saturated heterocycles. The zero-order chi connectivity index (χ0) is 6.57. The van der Waals surface area contributed by atoms with E-state index >= 15 is 0 Å². The number of esters is 1. The van der Waals surface area contributed by atoms with Crippen LogP contribution in [0.2, 0.25) is 0 Å². The molecule has 0 amide bonds. The molecule has 0 bridgehead atoms. The third kappa shape index (κ3) is 1.90. The second-order valence-corrected chi connectivity index (χ2v) is 1.22. The quantitative estimate of drug-likeness (QED) is 0.436. The Morgan fingerprint density at radius 1 is 1.88 bits per heavy atom. The fourth-order valence-corrected chi connectivity index (χ4v) is 0.211. The number of methoxy groups -OCH3 is 1. The molecule has 0 rings (SSSR count). The van der Waals surface area contributed by atoms with E-state index in [-0.39, 0.29) is 0 Å².